The summed E-state index contributed by atoms with van der Waals surface area (Å²) in [6.45, 7) is 1.38. The first kappa shape index (κ1) is 15.8. The van der Waals surface area contributed by atoms with Crippen LogP contribution in [0.4, 0.5) is 17.5 Å². The number of piperidine rings is 1. The SMILES string of the molecule is OCc1cc(Nc2nc3cccc(N4CCC[C@H](O)C4)n3n2)ccn1. The summed E-state index contributed by atoms with van der Waals surface area (Å²) in [7, 11) is 0. The highest BCUT2D eigenvalue weighted by atomic mass is 16.3. The zero-order chi connectivity index (χ0) is 17.2. The number of pyridine rings is 2. The molecule has 4 heterocycles. The second-order valence-corrected chi connectivity index (χ2v) is 6.15. The number of β-amino-alcohol motifs (C(OH)–C–C–N with tert-alkyl or cyclic N) is 1. The van der Waals surface area contributed by atoms with Crippen LogP contribution >= 0.6 is 0 Å². The first-order chi connectivity index (χ1) is 12.2. The van der Waals surface area contributed by atoms with E-state index in [4.69, 9.17) is 0 Å². The average molecular weight is 340 g/mol. The Hall–Kier alpha value is -2.71. The molecule has 0 spiro atoms. The number of aliphatic hydroxyl groups excluding tert-OH is 2. The molecule has 0 radical (unpaired) electrons. The van der Waals surface area contributed by atoms with Gasteiger partial charge < -0.3 is 20.4 Å². The lowest BCUT2D eigenvalue weighted by Gasteiger charge is -2.31. The van der Waals surface area contributed by atoms with Crippen LogP contribution in [0.5, 0.6) is 0 Å². The number of rotatable bonds is 4. The van der Waals surface area contributed by atoms with Crippen molar-refractivity contribution in [2.75, 3.05) is 23.3 Å². The number of anilines is 3. The molecule has 3 aromatic rings. The van der Waals surface area contributed by atoms with Crippen LogP contribution in [-0.4, -0.2) is 49.0 Å². The summed E-state index contributed by atoms with van der Waals surface area (Å²) in [6.07, 6.45) is 3.12. The monoisotopic (exact) mass is 340 g/mol. The van der Waals surface area contributed by atoms with Gasteiger partial charge in [-0.25, -0.2) is 0 Å². The Labute approximate surface area is 144 Å². The maximum Gasteiger partial charge on any atom is 0.247 e. The Bertz CT molecular complexity index is 880. The first-order valence-electron chi connectivity index (χ1n) is 8.34. The number of nitrogens with one attached hydrogen (secondary N) is 1. The summed E-state index contributed by atoms with van der Waals surface area (Å²) in [6, 6.07) is 9.38. The van der Waals surface area contributed by atoms with E-state index in [1.54, 1.807) is 22.8 Å². The highest BCUT2D eigenvalue weighted by Gasteiger charge is 2.20. The molecule has 1 aliphatic rings. The van der Waals surface area contributed by atoms with Crippen LogP contribution in [0.15, 0.2) is 36.5 Å². The fourth-order valence-electron chi connectivity index (χ4n) is 3.12. The standard InChI is InChI=1S/C17H20N6O2/c24-11-13-9-12(6-7-18-13)19-17-20-15-4-1-5-16(23(15)21-17)22-8-2-3-14(25)10-22/h1,4-7,9,14,24-25H,2-3,8,10-11H2,(H,18,19,21)/t14-/m0/s1. The van der Waals surface area contributed by atoms with E-state index < -0.39 is 0 Å². The highest BCUT2D eigenvalue weighted by Crippen LogP contribution is 2.22. The van der Waals surface area contributed by atoms with Crippen LogP contribution in [-0.2, 0) is 6.61 Å². The summed E-state index contributed by atoms with van der Waals surface area (Å²) in [4.78, 5) is 10.7. The van der Waals surface area contributed by atoms with Gasteiger partial charge in [-0.15, -0.1) is 5.10 Å². The van der Waals surface area contributed by atoms with Crippen LogP contribution in [0.1, 0.15) is 18.5 Å². The van der Waals surface area contributed by atoms with Crippen molar-refractivity contribution in [3.63, 3.8) is 0 Å². The molecule has 4 rings (SSSR count). The quantitative estimate of drug-likeness (QED) is 0.659. The lowest BCUT2D eigenvalue weighted by molar-refractivity contribution is 0.153. The maximum atomic E-state index is 9.94. The highest BCUT2D eigenvalue weighted by molar-refractivity contribution is 5.58. The lowest BCUT2D eigenvalue weighted by atomic mass is 10.1. The molecule has 0 bridgehead atoms. The van der Waals surface area contributed by atoms with Crippen molar-refractivity contribution < 1.29 is 10.2 Å². The van der Waals surface area contributed by atoms with Gasteiger partial charge in [0.2, 0.25) is 5.95 Å². The van der Waals surface area contributed by atoms with Crippen LogP contribution in [0.25, 0.3) is 5.65 Å². The molecule has 8 nitrogen and oxygen atoms in total. The van der Waals surface area contributed by atoms with E-state index in [0.717, 1.165) is 36.5 Å². The minimum Gasteiger partial charge on any atom is -0.391 e. The zero-order valence-corrected chi connectivity index (χ0v) is 13.7. The van der Waals surface area contributed by atoms with E-state index in [1.165, 1.54) is 0 Å². The van der Waals surface area contributed by atoms with Crippen molar-refractivity contribution in [3.8, 4) is 0 Å². The van der Waals surface area contributed by atoms with E-state index in [1.807, 2.05) is 18.2 Å². The Morgan fingerprint density at radius 1 is 1.28 bits per heavy atom. The lowest BCUT2D eigenvalue weighted by Crippen LogP contribution is -2.39. The van der Waals surface area contributed by atoms with Gasteiger partial charge in [0.05, 0.1) is 18.4 Å². The number of fused-ring (bicyclic) bond motifs is 1. The third-order valence-corrected chi connectivity index (χ3v) is 4.29. The predicted octanol–water partition coefficient (Wildman–Crippen LogP) is 1.32. The number of aromatic nitrogens is 4. The third kappa shape index (κ3) is 3.26. The Balaban J connectivity index is 1.64. The van der Waals surface area contributed by atoms with Crippen LogP contribution in [0, 0.1) is 0 Å². The fraction of sp³-hybridized carbons (Fsp3) is 0.353. The van der Waals surface area contributed by atoms with E-state index in [0.29, 0.717) is 18.2 Å². The van der Waals surface area contributed by atoms with Gasteiger partial charge in [-0.3, -0.25) is 4.98 Å². The summed E-state index contributed by atoms with van der Waals surface area (Å²) < 4.78 is 1.79. The maximum absolute atomic E-state index is 9.94. The number of hydrogen-bond acceptors (Lipinski definition) is 7. The summed E-state index contributed by atoms with van der Waals surface area (Å²) in [5.41, 5.74) is 2.08. The minimum absolute atomic E-state index is 0.116. The molecule has 1 aliphatic heterocycles. The topological polar surface area (TPSA) is 98.8 Å². The molecule has 0 saturated carbocycles. The van der Waals surface area contributed by atoms with E-state index in [9.17, 15) is 10.2 Å². The molecule has 1 saturated heterocycles. The van der Waals surface area contributed by atoms with Gasteiger partial charge in [0.1, 0.15) is 5.82 Å². The normalized spacial score (nSPS) is 17.8. The van der Waals surface area contributed by atoms with Crippen LogP contribution in [0.3, 0.4) is 0 Å². The first-order valence-corrected chi connectivity index (χ1v) is 8.34. The molecule has 8 heteroatoms. The largest absolute Gasteiger partial charge is 0.391 e. The molecular weight excluding hydrogens is 320 g/mol. The van der Waals surface area contributed by atoms with Gasteiger partial charge in [-0.05, 0) is 37.1 Å². The second-order valence-electron chi connectivity index (χ2n) is 6.15. The van der Waals surface area contributed by atoms with Gasteiger partial charge in [-0.1, -0.05) is 6.07 Å². The summed E-state index contributed by atoms with van der Waals surface area (Å²) in [5.74, 6) is 1.39. The van der Waals surface area contributed by atoms with Gasteiger partial charge in [0.25, 0.3) is 0 Å². The molecule has 3 N–H and O–H groups in total. The smallest absolute Gasteiger partial charge is 0.247 e. The number of aliphatic hydroxyl groups is 2. The number of nitrogens with zero attached hydrogens (tertiary/aromatic N) is 5. The van der Waals surface area contributed by atoms with Crippen molar-refractivity contribution in [2.24, 2.45) is 0 Å². The minimum atomic E-state index is -0.307. The van der Waals surface area contributed by atoms with Gasteiger partial charge in [0.15, 0.2) is 5.65 Å². The van der Waals surface area contributed by atoms with Gasteiger partial charge in [0, 0.05) is 25.0 Å². The third-order valence-electron chi connectivity index (χ3n) is 4.29. The number of hydrogen-bond donors (Lipinski definition) is 3. The van der Waals surface area contributed by atoms with Crippen molar-refractivity contribution in [1.82, 2.24) is 19.6 Å². The van der Waals surface area contributed by atoms with Gasteiger partial charge >= 0.3 is 0 Å². The molecule has 0 amide bonds. The van der Waals surface area contributed by atoms with E-state index >= 15 is 0 Å². The molecule has 130 valence electrons. The molecule has 0 aromatic carbocycles. The molecular formula is C17H20N6O2. The van der Waals surface area contributed by atoms with Crippen molar-refractivity contribution in [3.05, 3.63) is 42.2 Å². The second kappa shape index (κ2) is 6.66. The zero-order valence-electron chi connectivity index (χ0n) is 13.7. The summed E-state index contributed by atoms with van der Waals surface area (Å²) >= 11 is 0. The molecule has 0 unspecified atom stereocenters. The molecule has 25 heavy (non-hydrogen) atoms. The van der Waals surface area contributed by atoms with Gasteiger partial charge in [-0.2, -0.15) is 9.50 Å². The van der Waals surface area contributed by atoms with Crippen molar-refractivity contribution in [2.45, 2.75) is 25.6 Å². The summed E-state index contributed by atoms with van der Waals surface area (Å²) in [5, 5.41) is 26.8. The van der Waals surface area contributed by atoms with Crippen LogP contribution in [0.2, 0.25) is 0 Å². The van der Waals surface area contributed by atoms with E-state index in [2.05, 4.69) is 25.3 Å². The molecule has 0 aliphatic carbocycles. The Morgan fingerprint density at radius 3 is 3.04 bits per heavy atom. The van der Waals surface area contributed by atoms with E-state index in [-0.39, 0.29) is 12.7 Å². The molecule has 1 fully saturated rings. The fourth-order valence-corrected chi connectivity index (χ4v) is 3.12. The average Bonchev–Trinajstić information content (AvgIpc) is 3.04. The predicted molar refractivity (Wildman–Crippen MR) is 93.9 cm³/mol. The molecule has 3 aromatic heterocycles. The van der Waals surface area contributed by atoms with Crippen LogP contribution < -0.4 is 10.2 Å². The Morgan fingerprint density at radius 2 is 2.20 bits per heavy atom. The van der Waals surface area contributed by atoms with Crippen molar-refractivity contribution in [1.29, 1.82) is 0 Å². The Kier molecular flexibility index (Phi) is 4.21. The van der Waals surface area contributed by atoms with Crippen molar-refractivity contribution >= 4 is 23.1 Å². The molecule has 1 atom stereocenters.